The van der Waals surface area contributed by atoms with Crippen molar-refractivity contribution >= 4 is 32.4 Å². The second kappa shape index (κ2) is 3.68. The molecule has 3 atom stereocenters. The van der Waals surface area contributed by atoms with Crippen LogP contribution in [-0.2, 0) is 0 Å². The molecule has 1 saturated heterocycles. The molecule has 1 saturated carbocycles. The number of piperidine rings is 1. The van der Waals surface area contributed by atoms with Gasteiger partial charge in [-0.3, -0.25) is 0 Å². The van der Waals surface area contributed by atoms with E-state index in [1.54, 1.807) is 11.3 Å². The van der Waals surface area contributed by atoms with Gasteiger partial charge >= 0.3 is 0 Å². The molecule has 0 unspecified atom stereocenters. The number of aromatic nitrogens is 2. The number of nitrogens with two attached hydrogens (primary N) is 1. The van der Waals surface area contributed by atoms with Gasteiger partial charge in [-0.15, -0.1) is 10.2 Å². The van der Waals surface area contributed by atoms with Crippen LogP contribution in [0.3, 0.4) is 0 Å². The zero-order valence-corrected chi connectivity index (χ0v) is 10.7. The Morgan fingerprint density at radius 3 is 2.47 bits per heavy atom. The number of hydrogen-bond donors (Lipinski definition) is 1. The van der Waals surface area contributed by atoms with Crippen LogP contribution in [0, 0.1) is 11.8 Å². The van der Waals surface area contributed by atoms with Gasteiger partial charge in [0.15, 0.2) is 3.92 Å². The first-order valence-corrected chi connectivity index (χ1v) is 6.84. The van der Waals surface area contributed by atoms with Crippen molar-refractivity contribution in [2.45, 2.75) is 18.9 Å². The van der Waals surface area contributed by atoms with E-state index in [2.05, 4.69) is 31.0 Å². The van der Waals surface area contributed by atoms with Gasteiger partial charge in [0.05, 0.1) is 0 Å². The smallest absolute Gasteiger partial charge is 0.209 e. The molecule has 1 aromatic rings. The fourth-order valence-electron chi connectivity index (χ4n) is 2.75. The van der Waals surface area contributed by atoms with Crippen molar-refractivity contribution in [1.29, 1.82) is 0 Å². The van der Waals surface area contributed by atoms with Crippen LogP contribution in [0.15, 0.2) is 3.92 Å². The lowest BCUT2D eigenvalue weighted by molar-refractivity contribution is 0.356. The molecule has 2 N–H and O–H groups in total. The quantitative estimate of drug-likeness (QED) is 0.850. The fraction of sp³-hybridized carbons (Fsp3) is 0.778. The first kappa shape index (κ1) is 9.99. The van der Waals surface area contributed by atoms with Gasteiger partial charge < -0.3 is 10.6 Å². The van der Waals surface area contributed by atoms with Crippen molar-refractivity contribution in [3.63, 3.8) is 0 Å². The first-order valence-electron chi connectivity index (χ1n) is 5.23. The topological polar surface area (TPSA) is 55.0 Å². The predicted octanol–water partition coefficient (Wildman–Crippen LogP) is 1.47. The average Bonchev–Trinajstić information content (AvgIpc) is 2.70. The van der Waals surface area contributed by atoms with Gasteiger partial charge in [0.25, 0.3) is 0 Å². The molecule has 1 aliphatic heterocycles. The van der Waals surface area contributed by atoms with Gasteiger partial charge in [0.1, 0.15) is 0 Å². The second-order valence-electron chi connectivity index (χ2n) is 4.42. The molecular weight excluding hydrogens is 276 g/mol. The van der Waals surface area contributed by atoms with Gasteiger partial charge in [-0.2, -0.15) is 0 Å². The van der Waals surface area contributed by atoms with Crippen molar-refractivity contribution < 1.29 is 0 Å². The van der Waals surface area contributed by atoms with Crippen LogP contribution in [0.25, 0.3) is 0 Å². The molecule has 1 aliphatic carbocycles. The van der Waals surface area contributed by atoms with E-state index in [9.17, 15) is 0 Å². The number of hydrogen-bond acceptors (Lipinski definition) is 5. The Morgan fingerprint density at radius 1 is 1.27 bits per heavy atom. The molecule has 2 aliphatic rings. The molecule has 0 amide bonds. The van der Waals surface area contributed by atoms with E-state index < -0.39 is 0 Å². The summed E-state index contributed by atoms with van der Waals surface area (Å²) in [7, 11) is 0. The average molecular weight is 289 g/mol. The highest BCUT2D eigenvalue weighted by atomic mass is 79.9. The number of anilines is 1. The van der Waals surface area contributed by atoms with Crippen LogP contribution < -0.4 is 10.6 Å². The predicted molar refractivity (Wildman–Crippen MR) is 64.0 cm³/mol. The lowest BCUT2D eigenvalue weighted by Crippen LogP contribution is -2.48. The van der Waals surface area contributed by atoms with Gasteiger partial charge in [0, 0.05) is 19.1 Å². The third kappa shape index (κ3) is 1.68. The Balaban J connectivity index is 1.80. The maximum atomic E-state index is 6.16. The van der Waals surface area contributed by atoms with Crippen molar-refractivity contribution in [1.82, 2.24) is 10.2 Å². The molecule has 3 rings (SSSR count). The highest BCUT2D eigenvalue weighted by Crippen LogP contribution is 2.38. The number of rotatable bonds is 1. The minimum absolute atomic E-state index is 0.414. The Hall–Kier alpha value is -0.200. The van der Waals surface area contributed by atoms with E-state index in [-0.39, 0.29) is 0 Å². The van der Waals surface area contributed by atoms with Crippen LogP contribution in [0.5, 0.6) is 0 Å². The minimum Gasteiger partial charge on any atom is -0.346 e. The maximum absolute atomic E-state index is 6.16. The summed E-state index contributed by atoms with van der Waals surface area (Å²) < 4.78 is 0.861. The zero-order chi connectivity index (χ0) is 10.4. The lowest BCUT2D eigenvalue weighted by Gasteiger charge is -2.35. The Morgan fingerprint density at radius 2 is 1.93 bits per heavy atom. The first-order chi connectivity index (χ1) is 7.24. The van der Waals surface area contributed by atoms with E-state index >= 15 is 0 Å². The summed E-state index contributed by atoms with van der Waals surface area (Å²) in [5.41, 5.74) is 6.16. The molecule has 0 radical (unpaired) electrons. The van der Waals surface area contributed by atoms with Gasteiger partial charge in [-0.05, 0) is 40.6 Å². The van der Waals surface area contributed by atoms with Gasteiger partial charge in [-0.25, -0.2) is 0 Å². The molecule has 2 bridgehead atoms. The summed E-state index contributed by atoms with van der Waals surface area (Å²) in [6.45, 7) is 2.11. The van der Waals surface area contributed by atoms with Crippen LogP contribution in [0.2, 0.25) is 0 Å². The molecule has 2 heterocycles. The SMILES string of the molecule is N[C@@H]1[C@@H]2CC[C@H]1CN(c1nnc(Br)s1)C2. The summed E-state index contributed by atoms with van der Waals surface area (Å²) in [5, 5.41) is 9.19. The highest BCUT2D eigenvalue weighted by molar-refractivity contribution is 9.11. The molecule has 0 aromatic carbocycles. The number of nitrogens with zero attached hydrogens (tertiary/aromatic N) is 3. The van der Waals surface area contributed by atoms with E-state index in [0.29, 0.717) is 17.9 Å². The Kier molecular flexibility index (Phi) is 2.45. The molecule has 6 heteroatoms. The fourth-order valence-corrected chi connectivity index (χ4v) is 3.85. The van der Waals surface area contributed by atoms with Crippen LogP contribution in [0.4, 0.5) is 5.13 Å². The van der Waals surface area contributed by atoms with Crippen molar-refractivity contribution in [3.05, 3.63) is 3.92 Å². The van der Waals surface area contributed by atoms with Crippen LogP contribution in [-0.4, -0.2) is 29.3 Å². The van der Waals surface area contributed by atoms with Crippen molar-refractivity contribution in [3.8, 4) is 0 Å². The third-order valence-corrected chi connectivity index (χ3v) is 4.98. The molecule has 4 nitrogen and oxygen atoms in total. The lowest BCUT2D eigenvalue weighted by atomic mass is 9.93. The summed E-state index contributed by atoms with van der Waals surface area (Å²) >= 11 is 4.96. The van der Waals surface area contributed by atoms with Gasteiger partial charge in [0.2, 0.25) is 5.13 Å². The van der Waals surface area contributed by atoms with Gasteiger partial charge in [-0.1, -0.05) is 11.3 Å². The maximum Gasteiger partial charge on any atom is 0.209 e. The monoisotopic (exact) mass is 288 g/mol. The second-order valence-corrected chi connectivity index (χ2v) is 6.65. The third-order valence-electron chi connectivity index (χ3n) is 3.57. The van der Waals surface area contributed by atoms with E-state index in [1.807, 2.05) is 0 Å². The molecular formula is C9H13BrN4S. The van der Waals surface area contributed by atoms with Crippen molar-refractivity contribution in [2.75, 3.05) is 18.0 Å². The summed E-state index contributed by atoms with van der Waals surface area (Å²) in [4.78, 5) is 2.34. The number of halogens is 1. The van der Waals surface area contributed by atoms with E-state index in [0.717, 1.165) is 22.1 Å². The van der Waals surface area contributed by atoms with Crippen molar-refractivity contribution in [2.24, 2.45) is 17.6 Å². The summed E-state index contributed by atoms with van der Waals surface area (Å²) in [6, 6.07) is 0.414. The molecule has 15 heavy (non-hydrogen) atoms. The van der Waals surface area contributed by atoms with E-state index in [1.165, 1.54) is 12.8 Å². The highest BCUT2D eigenvalue weighted by Gasteiger charge is 2.40. The molecule has 1 aromatic heterocycles. The summed E-state index contributed by atoms with van der Waals surface area (Å²) in [5.74, 6) is 1.32. The Labute approximate surface area is 101 Å². The molecule has 2 fully saturated rings. The van der Waals surface area contributed by atoms with Crippen LogP contribution in [0.1, 0.15) is 12.8 Å². The van der Waals surface area contributed by atoms with E-state index in [4.69, 9.17) is 5.73 Å². The summed E-state index contributed by atoms with van der Waals surface area (Å²) in [6.07, 6.45) is 2.56. The number of fused-ring (bicyclic) bond motifs is 2. The zero-order valence-electron chi connectivity index (χ0n) is 8.27. The largest absolute Gasteiger partial charge is 0.346 e. The normalized spacial score (nSPS) is 34.8. The van der Waals surface area contributed by atoms with Crippen LogP contribution >= 0.6 is 27.3 Å². The molecule has 82 valence electrons. The molecule has 0 spiro atoms. The standard InChI is InChI=1S/C9H13BrN4S/c10-8-12-13-9(15-8)14-3-5-1-2-6(4-14)7(5)11/h5-7H,1-4,11H2/t5-,6+,7-. The Bertz CT molecular complexity index is 355. The minimum atomic E-state index is 0.414.